The monoisotopic (exact) mass is 396 g/mol. The third-order valence-corrected chi connectivity index (χ3v) is 12.5. The van der Waals surface area contributed by atoms with Crippen LogP contribution in [0, 0.1) is 0 Å². The summed E-state index contributed by atoms with van der Waals surface area (Å²) in [4.78, 5) is 10.8. The summed E-state index contributed by atoms with van der Waals surface area (Å²) in [5.74, 6) is -0.409. The summed E-state index contributed by atoms with van der Waals surface area (Å²) in [6, 6.07) is 0.877. The molecule has 0 fully saturated rings. The highest BCUT2D eigenvalue weighted by Gasteiger charge is 2.44. The van der Waals surface area contributed by atoms with Gasteiger partial charge in [-0.1, -0.05) is 13.3 Å². The standard InChI is InChI=1S/C15H36O6Si3/c1-9-10-24(20-22(3,4)5,21-23(6,7)8)13-18-11-15(17)12-19-14(2)16/h15,17H,9-13H2,1-8H3. The molecule has 0 heterocycles. The predicted octanol–water partition coefficient (Wildman–Crippen LogP) is 3.02. The molecular weight excluding hydrogens is 360 g/mol. The van der Waals surface area contributed by atoms with Gasteiger partial charge in [0, 0.05) is 6.92 Å². The van der Waals surface area contributed by atoms with E-state index in [0.29, 0.717) is 6.23 Å². The average Bonchev–Trinajstić information content (AvgIpc) is 2.32. The van der Waals surface area contributed by atoms with Gasteiger partial charge < -0.3 is 22.8 Å². The molecule has 0 aliphatic heterocycles. The van der Waals surface area contributed by atoms with E-state index in [-0.39, 0.29) is 13.2 Å². The van der Waals surface area contributed by atoms with E-state index in [1.165, 1.54) is 6.92 Å². The van der Waals surface area contributed by atoms with Crippen molar-refractivity contribution in [3.63, 3.8) is 0 Å². The van der Waals surface area contributed by atoms with Crippen LogP contribution >= 0.6 is 0 Å². The molecule has 0 bridgehead atoms. The van der Waals surface area contributed by atoms with Crippen LogP contribution in [0.25, 0.3) is 0 Å². The summed E-state index contributed by atoms with van der Waals surface area (Å²) < 4.78 is 23.6. The summed E-state index contributed by atoms with van der Waals surface area (Å²) in [6.45, 7) is 16.5. The average molecular weight is 397 g/mol. The van der Waals surface area contributed by atoms with Gasteiger partial charge in [-0.05, 0) is 45.3 Å². The molecule has 24 heavy (non-hydrogen) atoms. The second-order valence-corrected chi connectivity index (χ2v) is 20.8. The van der Waals surface area contributed by atoms with Crippen molar-refractivity contribution < 1.29 is 27.6 Å². The Morgan fingerprint density at radius 3 is 1.88 bits per heavy atom. The molecule has 1 atom stereocenters. The smallest absolute Gasteiger partial charge is 0.344 e. The van der Waals surface area contributed by atoms with E-state index in [4.69, 9.17) is 17.7 Å². The van der Waals surface area contributed by atoms with Gasteiger partial charge in [-0.3, -0.25) is 4.79 Å². The number of ether oxygens (including phenoxy) is 2. The van der Waals surface area contributed by atoms with Gasteiger partial charge in [0.2, 0.25) is 0 Å². The first-order valence-corrected chi connectivity index (χ1v) is 17.6. The summed E-state index contributed by atoms with van der Waals surface area (Å²) in [6.07, 6.45) is 0.536. The Hall–Kier alpha value is -0.0394. The molecular formula is C15H36O6Si3. The molecule has 0 aromatic heterocycles. The SMILES string of the molecule is CCC[Si](COCC(O)COC(C)=O)(O[Si](C)(C)C)O[Si](C)(C)C. The van der Waals surface area contributed by atoms with E-state index in [1.807, 2.05) is 0 Å². The molecule has 0 saturated carbocycles. The first-order valence-electron chi connectivity index (χ1n) is 8.58. The van der Waals surface area contributed by atoms with Crippen LogP contribution < -0.4 is 0 Å². The van der Waals surface area contributed by atoms with Crippen molar-refractivity contribution in [2.75, 3.05) is 19.4 Å². The van der Waals surface area contributed by atoms with Crippen LogP contribution in [0.1, 0.15) is 20.3 Å². The van der Waals surface area contributed by atoms with Crippen molar-refractivity contribution in [3.05, 3.63) is 0 Å². The van der Waals surface area contributed by atoms with E-state index in [9.17, 15) is 9.90 Å². The second-order valence-electron chi connectivity index (χ2n) is 8.06. The molecule has 144 valence electrons. The Kier molecular flexibility index (Phi) is 10.2. The van der Waals surface area contributed by atoms with Gasteiger partial charge >= 0.3 is 14.5 Å². The zero-order valence-corrected chi connectivity index (χ0v) is 19.6. The number of rotatable bonds is 12. The Morgan fingerprint density at radius 1 is 1.00 bits per heavy atom. The Bertz CT molecular complexity index is 362. The number of aliphatic hydroxyl groups excluding tert-OH is 1. The fraction of sp³-hybridized carbons (Fsp3) is 0.933. The fourth-order valence-corrected chi connectivity index (χ4v) is 14.5. The normalized spacial score (nSPS) is 14.5. The van der Waals surface area contributed by atoms with Crippen molar-refractivity contribution in [3.8, 4) is 0 Å². The Labute approximate surface area is 150 Å². The maximum Gasteiger partial charge on any atom is 0.344 e. The van der Waals surface area contributed by atoms with Crippen LogP contribution in [0.2, 0.25) is 45.3 Å². The largest absolute Gasteiger partial charge is 0.463 e. The lowest BCUT2D eigenvalue weighted by atomic mass is 10.4. The number of carbonyl (C=O) groups excluding carboxylic acids is 1. The lowest BCUT2D eigenvalue weighted by Crippen LogP contribution is -2.58. The minimum atomic E-state index is -2.50. The van der Waals surface area contributed by atoms with Gasteiger partial charge in [0.1, 0.15) is 12.7 Å². The van der Waals surface area contributed by atoms with Crippen LogP contribution in [0.3, 0.4) is 0 Å². The molecule has 1 unspecified atom stereocenters. The molecule has 0 aromatic carbocycles. The van der Waals surface area contributed by atoms with Crippen molar-refractivity contribution in [2.24, 2.45) is 0 Å². The molecule has 1 N–H and O–H groups in total. The molecule has 0 aromatic rings. The van der Waals surface area contributed by atoms with Crippen molar-refractivity contribution in [2.45, 2.75) is 71.7 Å². The highest BCUT2D eigenvalue weighted by atomic mass is 28.5. The Morgan fingerprint density at radius 2 is 1.50 bits per heavy atom. The summed E-state index contributed by atoms with van der Waals surface area (Å²) >= 11 is 0. The molecule has 0 rings (SSSR count). The molecule has 6 nitrogen and oxygen atoms in total. The Balaban J connectivity index is 4.87. The van der Waals surface area contributed by atoms with Crippen LogP contribution in [0.4, 0.5) is 0 Å². The molecule has 0 aliphatic rings. The number of hydrogen-bond acceptors (Lipinski definition) is 6. The first kappa shape index (κ1) is 24.0. The van der Waals surface area contributed by atoms with Gasteiger partial charge in [-0.25, -0.2) is 0 Å². The maximum absolute atomic E-state index is 10.8. The molecule has 0 amide bonds. The fourth-order valence-electron chi connectivity index (χ4n) is 2.36. The van der Waals surface area contributed by atoms with Gasteiger partial charge in [0.25, 0.3) is 0 Å². The van der Waals surface area contributed by atoms with Crippen molar-refractivity contribution >= 4 is 31.2 Å². The van der Waals surface area contributed by atoms with Crippen LogP contribution in [-0.2, 0) is 22.5 Å². The van der Waals surface area contributed by atoms with Crippen LogP contribution in [0.5, 0.6) is 0 Å². The molecule has 0 saturated heterocycles. The zero-order valence-electron chi connectivity index (χ0n) is 16.6. The van der Waals surface area contributed by atoms with Crippen molar-refractivity contribution in [1.29, 1.82) is 0 Å². The molecule has 0 spiro atoms. The maximum atomic E-state index is 10.8. The number of hydrogen-bond donors (Lipinski definition) is 1. The third kappa shape index (κ3) is 12.3. The highest BCUT2D eigenvalue weighted by molar-refractivity contribution is 6.88. The minimum Gasteiger partial charge on any atom is -0.463 e. The quantitative estimate of drug-likeness (QED) is 0.404. The first-order chi connectivity index (χ1) is 10.8. The van der Waals surface area contributed by atoms with Gasteiger partial charge in [-0.2, -0.15) is 0 Å². The number of aliphatic hydroxyl groups is 1. The van der Waals surface area contributed by atoms with Crippen molar-refractivity contribution in [1.82, 2.24) is 0 Å². The zero-order chi connectivity index (χ0) is 19.0. The van der Waals surface area contributed by atoms with E-state index in [1.54, 1.807) is 0 Å². The molecule has 9 heteroatoms. The predicted molar refractivity (Wildman–Crippen MR) is 103 cm³/mol. The molecule has 0 radical (unpaired) electrons. The summed E-state index contributed by atoms with van der Waals surface area (Å²) in [5.41, 5.74) is 0. The van der Waals surface area contributed by atoms with E-state index in [0.717, 1.165) is 12.5 Å². The number of esters is 1. The van der Waals surface area contributed by atoms with E-state index in [2.05, 4.69) is 46.2 Å². The van der Waals surface area contributed by atoms with Gasteiger partial charge in [0.05, 0.1) is 12.8 Å². The summed E-state index contributed by atoms with van der Waals surface area (Å²) in [7, 11) is -6.08. The van der Waals surface area contributed by atoms with Crippen LogP contribution in [0.15, 0.2) is 0 Å². The second kappa shape index (κ2) is 10.2. The number of carbonyl (C=O) groups is 1. The van der Waals surface area contributed by atoms with Gasteiger partial charge in [-0.15, -0.1) is 0 Å². The lowest BCUT2D eigenvalue weighted by Gasteiger charge is -2.40. The topological polar surface area (TPSA) is 74.2 Å². The third-order valence-electron chi connectivity index (χ3n) is 2.73. The van der Waals surface area contributed by atoms with Gasteiger partial charge in [0.15, 0.2) is 16.6 Å². The van der Waals surface area contributed by atoms with Crippen LogP contribution in [-0.4, -0.2) is 61.8 Å². The molecule has 0 aliphatic carbocycles. The van der Waals surface area contributed by atoms with E-state index >= 15 is 0 Å². The lowest BCUT2D eigenvalue weighted by molar-refractivity contribution is -0.145. The summed E-state index contributed by atoms with van der Waals surface area (Å²) in [5, 5.41) is 9.84. The highest BCUT2D eigenvalue weighted by Crippen LogP contribution is 2.26. The van der Waals surface area contributed by atoms with E-state index < -0.39 is 37.3 Å². The minimum absolute atomic E-state index is 0.0541.